The van der Waals surface area contributed by atoms with E-state index in [1.165, 1.54) is 11.3 Å². The third-order valence-electron chi connectivity index (χ3n) is 2.92. The Labute approximate surface area is 105 Å². The molecule has 3 nitrogen and oxygen atoms in total. The minimum Gasteiger partial charge on any atom is -0.373 e. The molecule has 0 saturated carbocycles. The zero-order chi connectivity index (χ0) is 11.5. The van der Waals surface area contributed by atoms with Crippen LogP contribution in [0.5, 0.6) is 0 Å². The van der Waals surface area contributed by atoms with E-state index < -0.39 is 0 Å². The van der Waals surface area contributed by atoms with Crippen molar-refractivity contribution >= 4 is 21.6 Å². The van der Waals surface area contributed by atoms with Gasteiger partial charge in [-0.1, -0.05) is 22.0 Å². The molecule has 88 valence electrons. The van der Waals surface area contributed by atoms with Crippen LogP contribution in [0.2, 0.25) is 0 Å². The fourth-order valence-electron chi connectivity index (χ4n) is 1.87. The number of hydrogen-bond donors (Lipinski definition) is 1. The molecule has 1 aliphatic rings. The van der Waals surface area contributed by atoms with Crippen LogP contribution in [-0.2, 0) is 4.74 Å². The summed E-state index contributed by atoms with van der Waals surface area (Å²) in [4.78, 5) is 2.32. The fourth-order valence-corrected chi connectivity index (χ4v) is 2.24. The molecular weight excluding hydrogens is 268 g/mol. The van der Waals surface area contributed by atoms with E-state index in [9.17, 15) is 0 Å². The van der Waals surface area contributed by atoms with Crippen LogP contribution < -0.4 is 10.6 Å². The minimum absolute atomic E-state index is 0.161. The first-order valence-electron chi connectivity index (χ1n) is 5.53. The van der Waals surface area contributed by atoms with Gasteiger partial charge in [-0.2, -0.15) is 0 Å². The lowest BCUT2D eigenvalue weighted by Gasteiger charge is -2.34. The zero-order valence-electron chi connectivity index (χ0n) is 9.45. The first kappa shape index (κ1) is 11.9. The molecular formula is C12H17BrN2O. The highest BCUT2D eigenvalue weighted by molar-refractivity contribution is 9.10. The Kier molecular flexibility index (Phi) is 3.84. The molecule has 0 bridgehead atoms. The smallest absolute Gasteiger partial charge is 0.0872 e. The lowest BCUT2D eigenvalue weighted by Crippen LogP contribution is -2.45. The SMILES string of the molecule is Cc1ccc(N2CCOC(CN)C2)cc1Br. The highest BCUT2D eigenvalue weighted by atomic mass is 79.9. The molecule has 16 heavy (non-hydrogen) atoms. The predicted octanol–water partition coefficient (Wildman–Crippen LogP) is 1.92. The number of nitrogens with two attached hydrogens (primary N) is 1. The van der Waals surface area contributed by atoms with E-state index in [2.05, 4.69) is 46.0 Å². The number of rotatable bonds is 2. The summed E-state index contributed by atoms with van der Waals surface area (Å²) in [5.74, 6) is 0. The normalized spacial score (nSPS) is 21.2. The summed E-state index contributed by atoms with van der Waals surface area (Å²) in [7, 11) is 0. The quantitative estimate of drug-likeness (QED) is 0.902. The second-order valence-corrected chi connectivity index (χ2v) is 4.96. The Morgan fingerprint density at radius 1 is 1.56 bits per heavy atom. The highest BCUT2D eigenvalue weighted by Gasteiger charge is 2.19. The Morgan fingerprint density at radius 2 is 2.38 bits per heavy atom. The minimum atomic E-state index is 0.161. The van der Waals surface area contributed by atoms with Crippen LogP contribution in [-0.4, -0.2) is 32.3 Å². The van der Waals surface area contributed by atoms with E-state index in [-0.39, 0.29) is 6.10 Å². The van der Waals surface area contributed by atoms with Gasteiger partial charge in [0, 0.05) is 29.8 Å². The molecule has 1 fully saturated rings. The first-order chi connectivity index (χ1) is 7.70. The zero-order valence-corrected chi connectivity index (χ0v) is 11.0. The molecule has 0 aliphatic carbocycles. The lowest BCUT2D eigenvalue weighted by molar-refractivity contribution is 0.0466. The molecule has 0 amide bonds. The number of nitrogens with zero attached hydrogens (tertiary/aromatic N) is 1. The maximum Gasteiger partial charge on any atom is 0.0872 e. The summed E-state index contributed by atoms with van der Waals surface area (Å²) in [6.45, 7) is 5.25. The standard InChI is InChI=1S/C12H17BrN2O/c1-9-2-3-10(6-12(9)13)15-4-5-16-11(7-14)8-15/h2-3,6,11H,4-5,7-8,14H2,1H3. The van der Waals surface area contributed by atoms with E-state index in [0.29, 0.717) is 6.54 Å². The van der Waals surface area contributed by atoms with Crippen molar-refractivity contribution in [1.29, 1.82) is 0 Å². The van der Waals surface area contributed by atoms with Crippen molar-refractivity contribution in [2.75, 3.05) is 31.1 Å². The number of halogens is 1. The van der Waals surface area contributed by atoms with Crippen LogP contribution in [0.4, 0.5) is 5.69 Å². The molecule has 2 rings (SSSR count). The third kappa shape index (κ3) is 2.56. The third-order valence-corrected chi connectivity index (χ3v) is 3.78. The Bertz CT molecular complexity index is 370. The molecule has 0 aromatic heterocycles. The molecule has 1 atom stereocenters. The summed E-state index contributed by atoms with van der Waals surface area (Å²) >= 11 is 3.56. The van der Waals surface area contributed by atoms with Gasteiger partial charge in [0.25, 0.3) is 0 Å². The molecule has 1 aromatic carbocycles. The van der Waals surface area contributed by atoms with Crippen LogP contribution >= 0.6 is 15.9 Å². The second-order valence-electron chi connectivity index (χ2n) is 4.11. The van der Waals surface area contributed by atoms with Crippen molar-refractivity contribution in [3.63, 3.8) is 0 Å². The number of anilines is 1. The van der Waals surface area contributed by atoms with Gasteiger partial charge in [-0.25, -0.2) is 0 Å². The van der Waals surface area contributed by atoms with E-state index in [4.69, 9.17) is 10.5 Å². The van der Waals surface area contributed by atoms with E-state index in [1.54, 1.807) is 0 Å². The highest BCUT2D eigenvalue weighted by Crippen LogP contribution is 2.24. The summed E-state index contributed by atoms with van der Waals surface area (Å²) in [6.07, 6.45) is 0.161. The van der Waals surface area contributed by atoms with Gasteiger partial charge in [-0.3, -0.25) is 0 Å². The van der Waals surface area contributed by atoms with Gasteiger partial charge >= 0.3 is 0 Å². The molecule has 4 heteroatoms. The number of morpholine rings is 1. The molecule has 2 N–H and O–H groups in total. The Hall–Kier alpha value is -0.580. The van der Waals surface area contributed by atoms with Gasteiger partial charge in [-0.15, -0.1) is 0 Å². The van der Waals surface area contributed by atoms with E-state index >= 15 is 0 Å². The number of hydrogen-bond acceptors (Lipinski definition) is 3. The van der Waals surface area contributed by atoms with Crippen molar-refractivity contribution in [2.24, 2.45) is 5.73 Å². The summed E-state index contributed by atoms with van der Waals surface area (Å²) in [5, 5.41) is 0. The van der Waals surface area contributed by atoms with Gasteiger partial charge in [0.2, 0.25) is 0 Å². The Balaban J connectivity index is 2.13. The predicted molar refractivity (Wildman–Crippen MR) is 69.9 cm³/mol. The van der Waals surface area contributed by atoms with Gasteiger partial charge < -0.3 is 15.4 Å². The second kappa shape index (κ2) is 5.17. The first-order valence-corrected chi connectivity index (χ1v) is 6.33. The van der Waals surface area contributed by atoms with Crippen LogP contribution in [0.15, 0.2) is 22.7 Å². The summed E-state index contributed by atoms with van der Waals surface area (Å²) < 4.78 is 6.71. The van der Waals surface area contributed by atoms with Crippen LogP contribution in [0.25, 0.3) is 0 Å². The maximum absolute atomic E-state index is 5.64. The monoisotopic (exact) mass is 284 g/mol. The summed E-state index contributed by atoms with van der Waals surface area (Å²) in [5.41, 5.74) is 8.13. The molecule has 0 spiro atoms. The summed E-state index contributed by atoms with van der Waals surface area (Å²) in [6, 6.07) is 6.44. The molecule has 1 unspecified atom stereocenters. The van der Waals surface area contributed by atoms with Crippen LogP contribution in [0, 0.1) is 6.92 Å². The molecule has 1 aliphatic heterocycles. The van der Waals surface area contributed by atoms with Gasteiger partial charge in [0.05, 0.1) is 12.7 Å². The molecule has 1 heterocycles. The fraction of sp³-hybridized carbons (Fsp3) is 0.500. The lowest BCUT2D eigenvalue weighted by atomic mass is 10.2. The average molecular weight is 285 g/mol. The molecule has 1 aromatic rings. The van der Waals surface area contributed by atoms with Crippen molar-refractivity contribution in [3.8, 4) is 0 Å². The van der Waals surface area contributed by atoms with Crippen LogP contribution in [0.3, 0.4) is 0 Å². The van der Waals surface area contributed by atoms with Gasteiger partial charge in [0.1, 0.15) is 0 Å². The maximum atomic E-state index is 5.64. The largest absolute Gasteiger partial charge is 0.373 e. The molecule has 0 radical (unpaired) electrons. The van der Waals surface area contributed by atoms with Gasteiger partial charge in [0.15, 0.2) is 0 Å². The Morgan fingerprint density at radius 3 is 3.06 bits per heavy atom. The average Bonchev–Trinajstić information content (AvgIpc) is 2.33. The number of ether oxygens (including phenoxy) is 1. The number of benzene rings is 1. The van der Waals surface area contributed by atoms with Gasteiger partial charge in [-0.05, 0) is 24.6 Å². The van der Waals surface area contributed by atoms with Crippen molar-refractivity contribution in [1.82, 2.24) is 0 Å². The van der Waals surface area contributed by atoms with Crippen LogP contribution in [0.1, 0.15) is 5.56 Å². The van der Waals surface area contributed by atoms with E-state index in [0.717, 1.165) is 24.2 Å². The topological polar surface area (TPSA) is 38.5 Å². The van der Waals surface area contributed by atoms with Crippen molar-refractivity contribution in [3.05, 3.63) is 28.2 Å². The van der Waals surface area contributed by atoms with E-state index in [1.807, 2.05) is 0 Å². The number of aryl methyl sites for hydroxylation is 1. The van der Waals surface area contributed by atoms with Crippen molar-refractivity contribution in [2.45, 2.75) is 13.0 Å². The van der Waals surface area contributed by atoms with Crippen molar-refractivity contribution < 1.29 is 4.74 Å². The molecule has 1 saturated heterocycles.